The Kier molecular flexibility index (Phi) is 4.31. The Morgan fingerprint density at radius 2 is 1.83 bits per heavy atom. The molecule has 1 amide bonds. The van der Waals surface area contributed by atoms with Gasteiger partial charge in [-0.25, -0.2) is 0 Å². The van der Waals surface area contributed by atoms with Crippen LogP contribution in [0, 0.1) is 4.77 Å². The molecule has 1 heterocycles. The number of nitrogens with one attached hydrogen (secondary N) is 2. The molecule has 1 unspecified atom stereocenters. The van der Waals surface area contributed by atoms with Gasteiger partial charge in [0.2, 0.25) is 0 Å². The van der Waals surface area contributed by atoms with Crippen LogP contribution in [0.4, 0.5) is 0 Å². The first kappa shape index (κ1) is 16.1. The Morgan fingerprint density at radius 3 is 2.54 bits per heavy atom. The van der Waals surface area contributed by atoms with E-state index in [1.807, 2.05) is 37.3 Å². The summed E-state index contributed by atoms with van der Waals surface area (Å²) in [5.74, 6) is -0.118. The number of carbonyl (C=O) groups is 1. The lowest BCUT2D eigenvalue weighted by Gasteiger charge is -2.25. The maximum atomic E-state index is 12.8. The molecule has 0 saturated heterocycles. The van der Waals surface area contributed by atoms with Gasteiger partial charge in [-0.15, -0.1) is 0 Å². The zero-order chi connectivity index (χ0) is 17.3. The molecule has 0 saturated carbocycles. The molecule has 1 aromatic heterocycles. The number of H-pyrrole nitrogens is 2. The van der Waals surface area contributed by atoms with Crippen LogP contribution in [0.15, 0.2) is 53.3 Å². The molecule has 6 heteroatoms. The number of nitrogens with zero attached hydrogens (tertiary/aromatic N) is 1. The molecule has 2 aromatic carbocycles. The summed E-state index contributed by atoms with van der Waals surface area (Å²) in [5.41, 5.74) is 1.85. The minimum Gasteiger partial charge on any atom is -0.335 e. The molecule has 24 heavy (non-hydrogen) atoms. The van der Waals surface area contributed by atoms with E-state index >= 15 is 0 Å². The summed E-state index contributed by atoms with van der Waals surface area (Å²) >= 11 is 4.99. The number of benzene rings is 2. The van der Waals surface area contributed by atoms with E-state index < -0.39 is 0 Å². The molecule has 0 bridgehead atoms. The van der Waals surface area contributed by atoms with Crippen LogP contribution in [0.2, 0.25) is 0 Å². The minimum atomic E-state index is -0.265. The molecule has 0 radical (unpaired) electrons. The highest BCUT2D eigenvalue weighted by atomic mass is 32.1. The summed E-state index contributed by atoms with van der Waals surface area (Å²) in [6.45, 7) is 1.98. The van der Waals surface area contributed by atoms with Crippen molar-refractivity contribution in [3.8, 4) is 0 Å². The fourth-order valence-corrected chi connectivity index (χ4v) is 2.84. The van der Waals surface area contributed by atoms with Gasteiger partial charge in [0.05, 0.1) is 16.9 Å². The quantitative estimate of drug-likeness (QED) is 0.719. The predicted molar refractivity (Wildman–Crippen MR) is 96.7 cm³/mol. The fourth-order valence-electron chi connectivity index (χ4n) is 2.64. The molecular formula is C18H17N3O2S. The van der Waals surface area contributed by atoms with Gasteiger partial charge >= 0.3 is 0 Å². The number of amides is 1. The van der Waals surface area contributed by atoms with Crippen LogP contribution in [0.3, 0.4) is 0 Å². The van der Waals surface area contributed by atoms with Crippen LogP contribution in [0.25, 0.3) is 10.9 Å². The number of aromatic nitrogens is 2. The molecular weight excluding hydrogens is 322 g/mol. The van der Waals surface area contributed by atoms with Crippen molar-refractivity contribution in [1.82, 2.24) is 14.9 Å². The van der Waals surface area contributed by atoms with Crippen LogP contribution in [-0.4, -0.2) is 27.8 Å². The normalized spacial score (nSPS) is 12.1. The van der Waals surface area contributed by atoms with E-state index in [1.54, 1.807) is 30.1 Å². The summed E-state index contributed by atoms with van der Waals surface area (Å²) in [4.78, 5) is 31.8. The number of hydrogen-bond donors (Lipinski definition) is 2. The predicted octanol–water partition coefficient (Wildman–Crippen LogP) is 3.42. The molecule has 122 valence electrons. The van der Waals surface area contributed by atoms with Crippen molar-refractivity contribution in [3.05, 3.63) is 74.8 Å². The second-order valence-corrected chi connectivity index (χ2v) is 6.08. The number of hydrogen-bond acceptors (Lipinski definition) is 3. The van der Waals surface area contributed by atoms with Gasteiger partial charge in [-0.1, -0.05) is 30.3 Å². The second kappa shape index (κ2) is 6.41. The number of aromatic amines is 2. The van der Waals surface area contributed by atoms with E-state index in [-0.39, 0.29) is 22.3 Å². The topological polar surface area (TPSA) is 69.0 Å². The van der Waals surface area contributed by atoms with Crippen molar-refractivity contribution < 1.29 is 4.79 Å². The second-order valence-electron chi connectivity index (χ2n) is 5.67. The van der Waals surface area contributed by atoms with Gasteiger partial charge in [0.15, 0.2) is 4.77 Å². The highest BCUT2D eigenvalue weighted by molar-refractivity contribution is 7.71. The van der Waals surface area contributed by atoms with Gasteiger partial charge in [0.25, 0.3) is 11.5 Å². The van der Waals surface area contributed by atoms with Crippen molar-refractivity contribution in [2.24, 2.45) is 0 Å². The van der Waals surface area contributed by atoms with Crippen LogP contribution in [0.1, 0.15) is 28.9 Å². The molecule has 3 rings (SSSR count). The SMILES string of the molecule is CC(c1ccccc1)N(C)C(=O)c1ccc2c(=O)[nH]c(=S)[nH]c2c1. The zero-order valence-corrected chi connectivity index (χ0v) is 14.2. The smallest absolute Gasteiger partial charge is 0.259 e. The zero-order valence-electron chi connectivity index (χ0n) is 13.4. The van der Waals surface area contributed by atoms with Gasteiger partial charge in [0.1, 0.15) is 0 Å². The molecule has 0 aliphatic heterocycles. The van der Waals surface area contributed by atoms with Gasteiger partial charge < -0.3 is 9.88 Å². The summed E-state index contributed by atoms with van der Waals surface area (Å²) in [7, 11) is 1.77. The maximum Gasteiger partial charge on any atom is 0.259 e. The largest absolute Gasteiger partial charge is 0.335 e. The van der Waals surface area contributed by atoms with Crippen LogP contribution in [0.5, 0.6) is 0 Å². The first-order valence-electron chi connectivity index (χ1n) is 7.56. The summed E-state index contributed by atoms with van der Waals surface area (Å²) < 4.78 is 0.239. The molecule has 0 spiro atoms. The first-order chi connectivity index (χ1) is 11.5. The van der Waals surface area contributed by atoms with E-state index in [1.165, 1.54) is 0 Å². The lowest BCUT2D eigenvalue weighted by atomic mass is 10.1. The molecule has 0 aliphatic rings. The van der Waals surface area contributed by atoms with E-state index in [2.05, 4.69) is 9.97 Å². The fraction of sp³-hybridized carbons (Fsp3) is 0.167. The Morgan fingerprint density at radius 1 is 1.12 bits per heavy atom. The standard InChI is InChI=1S/C18H17N3O2S/c1-11(12-6-4-3-5-7-12)21(2)17(23)13-8-9-14-15(10-13)19-18(24)20-16(14)22/h3-11H,1-2H3,(H2,19,20,22,24). The summed E-state index contributed by atoms with van der Waals surface area (Å²) in [5, 5.41) is 0.471. The Bertz CT molecular complexity index is 1010. The van der Waals surface area contributed by atoms with Crippen molar-refractivity contribution in [1.29, 1.82) is 0 Å². The summed E-state index contributed by atoms with van der Waals surface area (Å²) in [6.07, 6.45) is 0. The minimum absolute atomic E-state index is 0.0629. The van der Waals surface area contributed by atoms with Crippen LogP contribution < -0.4 is 5.56 Å². The Labute approximate surface area is 144 Å². The van der Waals surface area contributed by atoms with Crippen molar-refractivity contribution in [2.75, 3.05) is 7.05 Å². The first-order valence-corrected chi connectivity index (χ1v) is 7.96. The number of carbonyl (C=O) groups excluding carboxylic acids is 1. The average molecular weight is 339 g/mol. The lowest BCUT2D eigenvalue weighted by Crippen LogP contribution is -2.29. The van der Waals surface area contributed by atoms with E-state index in [4.69, 9.17) is 12.2 Å². The molecule has 2 N–H and O–H groups in total. The molecule has 3 aromatic rings. The third-order valence-electron chi connectivity index (χ3n) is 4.17. The monoisotopic (exact) mass is 339 g/mol. The van der Waals surface area contributed by atoms with Gasteiger partial charge in [-0.05, 0) is 42.9 Å². The summed E-state index contributed by atoms with van der Waals surface area (Å²) in [6, 6.07) is 14.7. The van der Waals surface area contributed by atoms with Crippen LogP contribution >= 0.6 is 12.2 Å². The maximum absolute atomic E-state index is 12.8. The highest BCUT2D eigenvalue weighted by Crippen LogP contribution is 2.21. The molecule has 5 nitrogen and oxygen atoms in total. The van der Waals surface area contributed by atoms with Gasteiger partial charge in [-0.3, -0.25) is 14.6 Å². The molecule has 1 atom stereocenters. The molecule has 0 fully saturated rings. The lowest BCUT2D eigenvalue weighted by molar-refractivity contribution is 0.0743. The van der Waals surface area contributed by atoms with Crippen molar-refractivity contribution in [3.63, 3.8) is 0 Å². The van der Waals surface area contributed by atoms with Crippen molar-refractivity contribution in [2.45, 2.75) is 13.0 Å². The average Bonchev–Trinajstić information content (AvgIpc) is 2.59. The number of rotatable bonds is 3. The Balaban J connectivity index is 1.96. The number of fused-ring (bicyclic) bond motifs is 1. The third kappa shape index (κ3) is 3.00. The van der Waals surface area contributed by atoms with Crippen LogP contribution in [-0.2, 0) is 0 Å². The third-order valence-corrected chi connectivity index (χ3v) is 4.37. The highest BCUT2D eigenvalue weighted by Gasteiger charge is 2.19. The Hall–Kier alpha value is -2.73. The van der Waals surface area contributed by atoms with E-state index in [0.29, 0.717) is 16.5 Å². The van der Waals surface area contributed by atoms with Crippen molar-refractivity contribution >= 4 is 29.0 Å². The molecule has 0 aliphatic carbocycles. The van der Waals surface area contributed by atoms with Gasteiger partial charge in [0, 0.05) is 12.6 Å². The van der Waals surface area contributed by atoms with Gasteiger partial charge in [-0.2, -0.15) is 0 Å². The van der Waals surface area contributed by atoms with E-state index in [0.717, 1.165) is 5.56 Å². The van der Waals surface area contributed by atoms with E-state index in [9.17, 15) is 9.59 Å².